The van der Waals surface area contributed by atoms with Crippen LogP contribution in [0.15, 0.2) is 35.3 Å². The van der Waals surface area contributed by atoms with Gasteiger partial charge >= 0.3 is 10.4 Å². The molecular weight excluding hydrogens is 274 g/mol. The van der Waals surface area contributed by atoms with E-state index in [9.17, 15) is 8.42 Å². The predicted octanol–water partition coefficient (Wildman–Crippen LogP) is -0.0681. The number of aromatic nitrogens is 3. The topological polar surface area (TPSA) is 95.4 Å². The van der Waals surface area contributed by atoms with Gasteiger partial charge in [0.1, 0.15) is 6.61 Å². The second-order valence-electron chi connectivity index (χ2n) is 3.47. The Bertz CT molecular complexity index is 609. The minimum absolute atomic E-state index is 0.0132. The Morgan fingerprint density at radius 3 is 2.68 bits per heavy atom. The summed E-state index contributed by atoms with van der Waals surface area (Å²) in [6.07, 6.45) is 4.75. The monoisotopic (exact) mass is 286 g/mol. The third-order valence-electron chi connectivity index (χ3n) is 2.28. The molecule has 2 heterocycles. The minimum atomic E-state index is -3.88. The van der Waals surface area contributed by atoms with E-state index in [2.05, 4.69) is 18.6 Å². The molecule has 102 valence electrons. The fourth-order valence-corrected chi connectivity index (χ4v) is 1.72. The van der Waals surface area contributed by atoms with E-state index >= 15 is 0 Å². The number of nitrogens with zero attached hydrogens (tertiary/aromatic N) is 3. The summed E-state index contributed by atoms with van der Waals surface area (Å²) >= 11 is 0. The second kappa shape index (κ2) is 5.87. The standard InChI is InChI=1S/C10H12N3O5S/c1-16-19(14,15)18-7-6-13-4-2-9(3-5-13)10-12-11-8-17-10/h2-5,8H,6-7H2,1H3/q+1. The summed E-state index contributed by atoms with van der Waals surface area (Å²) < 4.78 is 37.4. The van der Waals surface area contributed by atoms with Crippen molar-refractivity contribution in [2.24, 2.45) is 0 Å². The van der Waals surface area contributed by atoms with E-state index in [0.717, 1.165) is 12.7 Å². The van der Waals surface area contributed by atoms with Crippen LogP contribution < -0.4 is 4.57 Å². The summed E-state index contributed by atoms with van der Waals surface area (Å²) in [5, 5.41) is 7.36. The molecule has 0 fully saturated rings. The van der Waals surface area contributed by atoms with Crippen LogP contribution in [-0.2, 0) is 25.3 Å². The molecule has 0 bridgehead atoms. The van der Waals surface area contributed by atoms with E-state index in [1.54, 1.807) is 29.1 Å². The molecule has 2 aromatic rings. The molecule has 0 aliphatic carbocycles. The Morgan fingerprint density at radius 1 is 1.37 bits per heavy atom. The Hall–Kier alpha value is -1.84. The molecule has 2 rings (SSSR count). The highest BCUT2D eigenvalue weighted by Gasteiger charge is 2.11. The molecular formula is C10H12N3O5S+. The fraction of sp³-hybridized carbons (Fsp3) is 0.300. The summed E-state index contributed by atoms with van der Waals surface area (Å²) in [4.78, 5) is 0. The number of rotatable bonds is 6. The van der Waals surface area contributed by atoms with Crippen LogP contribution in [0.5, 0.6) is 0 Å². The first-order valence-electron chi connectivity index (χ1n) is 5.31. The Labute approximate surface area is 109 Å². The highest BCUT2D eigenvalue weighted by Crippen LogP contribution is 2.12. The highest BCUT2D eigenvalue weighted by molar-refractivity contribution is 7.81. The van der Waals surface area contributed by atoms with E-state index in [4.69, 9.17) is 4.42 Å². The maximum absolute atomic E-state index is 10.9. The average molecular weight is 286 g/mol. The van der Waals surface area contributed by atoms with Gasteiger partial charge in [0, 0.05) is 12.1 Å². The first kappa shape index (κ1) is 13.6. The molecule has 0 amide bonds. The molecule has 0 aliphatic heterocycles. The first-order chi connectivity index (χ1) is 9.11. The summed E-state index contributed by atoms with van der Waals surface area (Å²) in [6, 6.07) is 3.55. The van der Waals surface area contributed by atoms with E-state index in [1.807, 2.05) is 0 Å². The molecule has 0 unspecified atom stereocenters. The molecule has 0 radical (unpaired) electrons. The maximum Gasteiger partial charge on any atom is 0.399 e. The second-order valence-corrected chi connectivity index (χ2v) is 4.85. The Balaban J connectivity index is 1.93. The lowest BCUT2D eigenvalue weighted by Gasteiger charge is -2.00. The summed E-state index contributed by atoms with van der Waals surface area (Å²) in [5.41, 5.74) is 0.777. The summed E-state index contributed by atoms with van der Waals surface area (Å²) in [6.45, 7) is 0.355. The molecule has 0 aliphatic rings. The number of hydrogen-bond acceptors (Lipinski definition) is 7. The molecule has 0 aromatic carbocycles. The van der Waals surface area contributed by atoms with Crippen LogP contribution in [0.1, 0.15) is 0 Å². The van der Waals surface area contributed by atoms with Gasteiger partial charge in [0.15, 0.2) is 18.9 Å². The lowest BCUT2D eigenvalue weighted by atomic mass is 10.3. The van der Waals surface area contributed by atoms with Gasteiger partial charge in [-0.25, -0.2) is 8.75 Å². The zero-order valence-corrected chi connectivity index (χ0v) is 10.9. The van der Waals surface area contributed by atoms with Crippen molar-refractivity contribution in [3.8, 4) is 11.5 Å². The molecule has 0 saturated heterocycles. The lowest BCUT2D eigenvalue weighted by Crippen LogP contribution is -2.35. The van der Waals surface area contributed by atoms with Gasteiger partial charge in [0.25, 0.3) is 0 Å². The van der Waals surface area contributed by atoms with Crippen LogP contribution in [0.25, 0.3) is 11.5 Å². The van der Waals surface area contributed by atoms with Gasteiger partial charge in [-0.3, -0.25) is 4.18 Å². The number of hydrogen-bond donors (Lipinski definition) is 0. The molecule has 0 spiro atoms. The van der Waals surface area contributed by atoms with Gasteiger partial charge in [-0.2, -0.15) is 8.42 Å². The lowest BCUT2D eigenvalue weighted by molar-refractivity contribution is -0.697. The largest absolute Gasteiger partial charge is 0.423 e. The van der Waals surface area contributed by atoms with Crippen molar-refractivity contribution in [1.29, 1.82) is 0 Å². The summed E-state index contributed by atoms with van der Waals surface area (Å²) in [7, 11) is -2.84. The average Bonchev–Trinajstić information content (AvgIpc) is 2.93. The quantitative estimate of drug-likeness (QED) is 0.686. The van der Waals surface area contributed by atoms with Crippen LogP contribution in [-0.4, -0.2) is 32.3 Å². The van der Waals surface area contributed by atoms with Crippen LogP contribution in [0.4, 0.5) is 0 Å². The number of pyridine rings is 1. The van der Waals surface area contributed by atoms with Crippen LogP contribution >= 0.6 is 0 Å². The summed E-state index contributed by atoms with van der Waals surface area (Å²) in [5.74, 6) is 0.422. The van der Waals surface area contributed by atoms with Gasteiger partial charge in [0.2, 0.25) is 12.3 Å². The zero-order valence-electron chi connectivity index (χ0n) is 10.1. The zero-order chi connectivity index (χ0) is 13.7. The smallest absolute Gasteiger partial charge is 0.399 e. The highest BCUT2D eigenvalue weighted by atomic mass is 32.3. The fourth-order valence-electron chi connectivity index (χ4n) is 1.34. The van der Waals surface area contributed by atoms with Crippen molar-refractivity contribution < 1.29 is 25.8 Å². The van der Waals surface area contributed by atoms with E-state index in [1.165, 1.54) is 6.39 Å². The van der Waals surface area contributed by atoms with Crippen LogP contribution in [0.2, 0.25) is 0 Å². The molecule has 2 aromatic heterocycles. The predicted molar refractivity (Wildman–Crippen MR) is 61.8 cm³/mol. The first-order valence-corrected chi connectivity index (χ1v) is 6.65. The van der Waals surface area contributed by atoms with Gasteiger partial charge in [-0.1, -0.05) is 0 Å². The SMILES string of the molecule is COS(=O)(=O)OCC[n+]1ccc(-c2nnco2)cc1. The van der Waals surface area contributed by atoms with Crippen molar-refractivity contribution in [3.63, 3.8) is 0 Å². The van der Waals surface area contributed by atoms with Crippen molar-refractivity contribution in [3.05, 3.63) is 30.9 Å². The van der Waals surface area contributed by atoms with Gasteiger partial charge in [-0.05, 0) is 0 Å². The van der Waals surface area contributed by atoms with Gasteiger partial charge in [-0.15, -0.1) is 10.2 Å². The van der Waals surface area contributed by atoms with E-state index < -0.39 is 10.4 Å². The van der Waals surface area contributed by atoms with E-state index in [-0.39, 0.29) is 6.61 Å². The Kier molecular flexibility index (Phi) is 4.20. The molecule has 8 nitrogen and oxygen atoms in total. The van der Waals surface area contributed by atoms with Crippen molar-refractivity contribution in [1.82, 2.24) is 10.2 Å². The van der Waals surface area contributed by atoms with Crippen molar-refractivity contribution >= 4 is 10.4 Å². The van der Waals surface area contributed by atoms with Gasteiger partial charge in [0.05, 0.1) is 12.7 Å². The molecule has 9 heteroatoms. The Morgan fingerprint density at radius 2 is 2.11 bits per heavy atom. The van der Waals surface area contributed by atoms with Crippen molar-refractivity contribution in [2.75, 3.05) is 13.7 Å². The van der Waals surface area contributed by atoms with Crippen LogP contribution in [0.3, 0.4) is 0 Å². The molecule has 0 atom stereocenters. The molecule has 19 heavy (non-hydrogen) atoms. The third-order valence-corrected chi connectivity index (χ3v) is 3.14. The third kappa shape index (κ3) is 3.81. The van der Waals surface area contributed by atoms with Gasteiger partial charge < -0.3 is 4.42 Å². The van der Waals surface area contributed by atoms with Crippen molar-refractivity contribution in [2.45, 2.75) is 6.54 Å². The van der Waals surface area contributed by atoms with Crippen LogP contribution in [0, 0.1) is 0 Å². The van der Waals surface area contributed by atoms with E-state index in [0.29, 0.717) is 12.4 Å². The minimum Gasteiger partial charge on any atom is -0.423 e. The molecule has 0 N–H and O–H groups in total. The molecule has 0 saturated carbocycles. The normalized spacial score (nSPS) is 11.6. The maximum atomic E-state index is 10.9.